The molecule has 0 spiro atoms. The lowest BCUT2D eigenvalue weighted by Gasteiger charge is -2.13. The van der Waals surface area contributed by atoms with Crippen molar-refractivity contribution in [2.24, 2.45) is 0 Å². The van der Waals surface area contributed by atoms with Crippen LogP contribution in [-0.2, 0) is 24.4 Å². The van der Waals surface area contributed by atoms with Crippen LogP contribution in [0.3, 0.4) is 0 Å². The summed E-state index contributed by atoms with van der Waals surface area (Å²) in [4.78, 5) is 30.6. The first-order valence-electron chi connectivity index (χ1n) is 10.7. The molecule has 2 aromatic carbocycles. The highest BCUT2D eigenvalue weighted by Gasteiger charge is 2.19. The van der Waals surface area contributed by atoms with Crippen molar-refractivity contribution < 1.29 is 9.18 Å². The number of aryl methyl sites for hydroxylation is 2. The van der Waals surface area contributed by atoms with Gasteiger partial charge in [-0.1, -0.05) is 47.6 Å². The van der Waals surface area contributed by atoms with Crippen LogP contribution in [0.4, 0.5) is 4.39 Å². The number of nitrogens with one attached hydrogen (secondary N) is 1. The molecule has 0 saturated heterocycles. The van der Waals surface area contributed by atoms with E-state index in [0.29, 0.717) is 40.0 Å². The zero-order valence-corrected chi connectivity index (χ0v) is 20.3. The predicted octanol–water partition coefficient (Wildman–Crippen LogP) is 4.17. The van der Waals surface area contributed by atoms with Gasteiger partial charge in [0.2, 0.25) is 5.91 Å². The van der Waals surface area contributed by atoms with Crippen LogP contribution in [0.25, 0.3) is 11.0 Å². The number of aromatic nitrogens is 4. The van der Waals surface area contributed by atoms with Crippen molar-refractivity contribution >= 4 is 40.3 Å². The molecule has 4 aromatic rings. The van der Waals surface area contributed by atoms with Crippen molar-refractivity contribution in [3.8, 4) is 0 Å². The number of amides is 1. The summed E-state index contributed by atoms with van der Waals surface area (Å²) in [5, 5.41) is 8.33. The third-order valence-corrected chi connectivity index (χ3v) is 6.50. The Bertz CT molecular complexity index is 1380. The predicted molar refractivity (Wildman–Crippen MR) is 132 cm³/mol. The van der Waals surface area contributed by atoms with E-state index in [2.05, 4.69) is 10.4 Å². The van der Waals surface area contributed by atoms with Gasteiger partial charge < -0.3 is 5.32 Å². The highest BCUT2D eigenvalue weighted by molar-refractivity contribution is 7.99. The van der Waals surface area contributed by atoms with Crippen LogP contribution in [-0.4, -0.2) is 31.0 Å². The summed E-state index contributed by atoms with van der Waals surface area (Å²) in [6.07, 6.45) is 0. The zero-order chi connectivity index (χ0) is 24.2. The van der Waals surface area contributed by atoms with Gasteiger partial charge in [0, 0.05) is 18.1 Å². The summed E-state index contributed by atoms with van der Waals surface area (Å²) in [7, 11) is 0. The van der Waals surface area contributed by atoms with Gasteiger partial charge in [0.05, 0.1) is 18.0 Å². The molecule has 4 rings (SSSR count). The number of hydrogen-bond donors (Lipinski definition) is 1. The average Bonchev–Trinajstić information content (AvgIpc) is 3.16. The molecule has 34 heavy (non-hydrogen) atoms. The molecule has 0 fully saturated rings. The monoisotopic (exact) mass is 499 g/mol. The van der Waals surface area contributed by atoms with E-state index in [4.69, 9.17) is 16.6 Å². The van der Waals surface area contributed by atoms with Crippen LogP contribution < -0.4 is 10.9 Å². The average molecular weight is 500 g/mol. The Kier molecular flexibility index (Phi) is 7.33. The standard InChI is InChI=1S/C24H23ClFN5O2S/c1-3-31-22-21(15(2)29-31)28-24(30(23(22)33)13-17-6-10-19(26)11-7-17)34-14-20(32)27-12-16-4-8-18(25)9-5-16/h4-11H,3,12-14H2,1-2H3,(H,27,32). The number of fused-ring (bicyclic) bond motifs is 1. The van der Waals surface area contributed by atoms with Gasteiger partial charge in [0.25, 0.3) is 5.56 Å². The second-order valence-electron chi connectivity index (χ2n) is 7.70. The molecule has 0 aliphatic rings. The lowest BCUT2D eigenvalue weighted by Crippen LogP contribution is -2.28. The molecule has 0 atom stereocenters. The van der Waals surface area contributed by atoms with Crippen LogP contribution in [0.1, 0.15) is 23.7 Å². The third-order valence-electron chi connectivity index (χ3n) is 5.27. The molecular weight excluding hydrogens is 477 g/mol. The molecule has 0 unspecified atom stereocenters. The van der Waals surface area contributed by atoms with Gasteiger partial charge in [-0.25, -0.2) is 9.37 Å². The van der Waals surface area contributed by atoms with Crippen molar-refractivity contribution in [3.05, 3.63) is 86.5 Å². The normalized spacial score (nSPS) is 11.2. The van der Waals surface area contributed by atoms with E-state index in [9.17, 15) is 14.0 Å². The molecule has 2 aromatic heterocycles. The Morgan fingerprint density at radius 1 is 1.12 bits per heavy atom. The number of hydrogen-bond acceptors (Lipinski definition) is 5. The molecule has 176 valence electrons. The Balaban J connectivity index is 1.59. The van der Waals surface area contributed by atoms with Crippen molar-refractivity contribution in [2.45, 2.75) is 38.6 Å². The highest BCUT2D eigenvalue weighted by atomic mass is 35.5. The SMILES string of the molecule is CCn1nc(C)c2nc(SCC(=O)NCc3ccc(Cl)cc3)n(Cc3ccc(F)cc3)c(=O)c21. The van der Waals surface area contributed by atoms with Crippen LogP contribution in [0.2, 0.25) is 5.02 Å². The van der Waals surface area contributed by atoms with E-state index < -0.39 is 0 Å². The van der Waals surface area contributed by atoms with Crippen molar-refractivity contribution in [2.75, 3.05) is 5.75 Å². The summed E-state index contributed by atoms with van der Waals surface area (Å²) in [6.45, 7) is 4.80. The second kappa shape index (κ2) is 10.4. The van der Waals surface area contributed by atoms with E-state index in [-0.39, 0.29) is 29.6 Å². The fourth-order valence-electron chi connectivity index (χ4n) is 3.52. The quantitative estimate of drug-likeness (QED) is 0.290. The lowest BCUT2D eigenvalue weighted by atomic mass is 10.2. The van der Waals surface area contributed by atoms with Crippen LogP contribution >= 0.6 is 23.4 Å². The van der Waals surface area contributed by atoms with Crippen molar-refractivity contribution in [1.82, 2.24) is 24.6 Å². The van der Waals surface area contributed by atoms with Crippen molar-refractivity contribution in [1.29, 1.82) is 0 Å². The van der Waals surface area contributed by atoms with Gasteiger partial charge in [0.15, 0.2) is 10.7 Å². The van der Waals surface area contributed by atoms with E-state index in [1.165, 1.54) is 28.5 Å². The number of carbonyl (C=O) groups excluding carboxylic acids is 1. The number of halogens is 2. The third kappa shape index (κ3) is 5.31. The number of rotatable bonds is 8. The number of carbonyl (C=O) groups is 1. The summed E-state index contributed by atoms with van der Waals surface area (Å²) in [5.41, 5.74) is 3.01. The van der Waals surface area contributed by atoms with Gasteiger partial charge in [-0.05, 0) is 49.2 Å². The number of nitrogens with zero attached hydrogens (tertiary/aromatic N) is 4. The molecule has 10 heteroatoms. The Morgan fingerprint density at radius 2 is 1.79 bits per heavy atom. The molecule has 0 aliphatic heterocycles. The molecule has 0 aliphatic carbocycles. The van der Waals surface area contributed by atoms with Gasteiger partial charge >= 0.3 is 0 Å². The summed E-state index contributed by atoms with van der Waals surface area (Å²) >= 11 is 7.08. The zero-order valence-electron chi connectivity index (χ0n) is 18.7. The first-order valence-corrected chi connectivity index (χ1v) is 12.1. The molecule has 0 radical (unpaired) electrons. The summed E-state index contributed by atoms with van der Waals surface area (Å²) in [5.74, 6) is -0.462. The maximum Gasteiger partial charge on any atom is 0.280 e. The highest BCUT2D eigenvalue weighted by Crippen LogP contribution is 2.21. The minimum absolute atomic E-state index is 0.0793. The van der Waals surface area contributed by atoms with Gasteiger partial charge in [-0.2, -0.15) is 5.10 Å². The molecule has 1 amide bonds. The summed E-state index contributed by atoms with van der Waals surface area (Å²) in [6, 6.07) is 13.2. The van der Waals surface area contributed by atoms with Gasteiger partial charge in [0.1, 0.15) is 11.3 Å². The van der Waals surface area contributed by atoms with Crippen molar-refractivity contribution in [3.63, 3.8) is 0 Å². The molecule has 0 bridgehead atoms. The smallest absolute Gasteiger partial charge is 0.280 e. The molecule has 2 heterocycles. The van der Waals surface area contributed by atoms with E-state index in [1.807, 2.05) is 19.1 Å². The van der Waals surface area contributed by atoms with E-state index in [1.54, 1.807) is 35.9 Å². The van der Waals surface area contributed by atoms with Gasteiger partial charge in [-0.3, -0.25) is 18.8 Å². The number of thioether (sulfide) groups is 1. The number of benzene rings is 2. The fraction of sp³-hybridized carbons (Fsp3) is 0.250. The molecular formula is C24H23ClFN5O2S. The molecule has 0 saturated carbocycles. The Labute approximate surface area is 205 Å². The topological polar surface area (TPSA) is 81.8 Å². The Hall–Kier alpha value is -3.17. The van der Waals surface area contributed by atoms with E-state index in [0.717, 1.165) is 11.1 Å². The maximum atomic E-state index is 13.5. The van der Waals surface area contributed by atoms with Gasteiger partial charge in [-0.15, -0.1) is 0 Å². The fourth-order valence-corrected chi connectivity index (χ4v) is 4.47. The first kappa shape index (κ1) is 24.0. The van der Waals surface area contributed by atoms with E-state index >= 15 is 0 Å². The van der Waals surface area contributed by atoms with Crippen LogP contribution in [0.15, 0.2) is 58.5 Å². The minimum atomic E-state index is -0.351. The maximum absolute atomic E-state index is 13.5. The second-order valence-corrected chi connectivity index (χ2v) is 9.08. The largest absolute Gasteiger partial charge is 0.351 e. The summed E-state index contributed by atoms with van der Waals surface area (Å²) < 4.78 is 16.5. The Morgan fingerprint density at radius 3 is 2.47 bits per heavy atom. The molecule has 1 N–H and O–H groups in total. The minimum Gasteiger partial charge on any atom is -0.351 e. The van der Waals surface area contributed by atoms with Crippen LogP contribution in [0.5, 0.6) is 0 Å². The first-order chi connectivity index (χ1) is 16.4. The van der Waals surface area contributed by atoms with Crippen LogP contribution in [0, 0.1) is 12.7 Å². The molecule has 7 nitrogen and oxygen atoms in total. The lowest BCUT2D eigenvalue weighted by molar-refractivity contribution is -0.118.